The van der Waals surface area contributed by atoms with Crippen LogP contribution in [0.4, 0.5) is 0 Å². The number of aliphatic hydroxyl groups excluding tert-OH is 1. The first-order valence-corrected chi connectivity index (χ1v) is 9.03. The van der Waals surface area contributed by atoms with Crippen molar-refractivity contribution in [3.63, 3.8) is 0 Å². The van der Waals surface area contributed by atoms with Crippen molar-refractivity contribution < 1.29 is 9.90 Å². The van der Waals surface area contributed by atoms with Crippen molar-refractivity contribution in [1.29, 1.82) is 0 Å². The van der Waals surface area contributed by atoms with Crippen LogP contribution in [0.3, 0.4) is 0 Å². The molecule has 0 radical (unpaired) electrons. The summed E-state index contributed by atoms with van der Waals surface area (Å²) in [7, 11) is 0. The fraction of sp³-hybridized carbons (Fsp3) is 0.444. The molecule has 8 nitrogen and oxygen atoms in total. The average Bonchev–Trinajstić information content (AvgIpc) is 3.36. The lowest BCUT2D eigenvalue weighted by atomic mass is 10.1. The number of rotatable bonds is 3. The first-order chi connectivity index (χ1) is 12.7. The van der Waals surface area contributed by atoms with E-state index in [2.05, 4.69) is 15.2 Å². The zero-order chi connectivity index (χ0) is 17.7. The van der Waals surface area contributed by atoms with E-state index in [9.17, 15) is 9.90 Å². The van der Waals surface area contributed by atoms with Crippen molar-refractivity contribution in [3.05, 3.63) is 47.7 Å². The van der Waals surface area contributed by atoms with Crippen LogP contribution in [0.5, 0.6) is 0 Å². The van der Waals surface area contributed by atoms with Gasteiger partial charge in [-0.25, -0.2) is 9.50 Å². The number of carbonyl (C=O) groups is 1. The van der Waals surface area contributed by atoms with E-state index in [1.54, 1.807) is 23.0 Å². The van der Waals surface area contributed by atoms with Gasteiger partial charge < -0.3 is 10.0 Å². The predicted molar refractivity (Wildman–Crippen MR) is 92.3 cm³/mol. The number of aryl methyl sites for hydroxylation is 1. The van der Waals surface area contributed by atoms with E-state index < -0.39 is 6.10 Å². The fourth-order valence-corrected chi connectivity index (χ4v) is 3.59. The average molecular weight is 352 g/mol. The van der Waals surface area contributed by atoms with Crippen molar-refractivity contribution in [3.8, 4) is 0 Å². The standard InChI is InChI=1S/C18H20N6O2/c25-17(12-4-5-12)14-9-13-11-22(7-2-8-23(13)21-14)18(26)15-10-19-16-3-1-6-20-24(15)16/h1,3,6,9-10,12,17,25H,2,4-5,7-8,11H2. The molecule has 1 N–H and O–H groups in total. The number of nitrogens with zero attached hydrogens (tertiary/aromatic N) is 6. The molecule has 8 heteroatoms. The highest BCUT2D eigenvalue weighted by Crippen LogP contribution is 2.40. The molecule has 1 atom stereocenters. The highest BCUT2D eigenvalue weighted by atomic mass is 16.3. The van der Waals surface area contributed by atoms with Gasteiger partial charge in [-0.1, -0.05) is 0 Å². The van der Waals surface area contributed by atoms with Gasteiger partial charge in [0.05, 0.1) is 24.1 Å². The second kappa shape index (κ2) is 5.91. The topological polar surface area (TPSA) is 88.6 Å². The number of aromatic nitrogens is 5. The number of carbonyl (C=O) groups excluding carboxylic acids is 1. The quantitative estimate of drug-likeness (QED) is 0.770. The molecular formula is C18H20N6O2. The molecule has 1 saturated carbocycles. The van der Waals surface area contributed by atoms with Crippen LogP contribution in [0.2, 0.25) is 0 Å². The highest BCUT2D eigenvalue weighted by molar-refractivity contribution is 5.93. The highest BCUT2D eigenvalue weighted by Gasteiger charge is 2.33. The van der Waals surface area contributed by atoms with Crippen LogP contribution in [0.1, 0.15) is 47.2 Å². The Balaban J connectivity index is 1.42. The zero-order valence-electron chi connectivity index (χ0n) is 14.3. The van der Waals surface area contributed by atoms with Crippen molar-refractivity contribution in [1.82, 2.24) is 29.3 Å². The Labute approximate surface area is 150 Å². The van der Waals surface area contributed by atoms with Crippen LogP contribution in [0, 0.1) is 5.92 Å². The minimum atomic E-state index is -0.485. The van der Waals surface area contributed by atoms with Crippen molar-refractivity contribution in [2.45, 2.75) is 38.5 Å². The van der Waals surface area contributed by atoms with E-state index in [1.165, 1.54) is 0 Å². The van der Waals surface area contributed by atoms with Gasteiger partial charge in [0.15, 0.2) is 11.3 Å². The molecule has 3 aromatic rings. The maximum absolute atomic E-state index is 13.0. The first-order valence-electron chi connectivity index (χ1n) is 9.03. The molecule has 134 valence electrons. The Kier molecular flexibility index (Phi) is 3.53. The molecule has 1 aliphatic carbocycles. The lowest BCUT2D eigenvalue weighted by Crippen LogP contribution is -2.31. The van der Waals surface area contributed by atoms with Crippen LogP contribution in [0.25, 0.3) is 5.65 Å². The minimum Gasteiger partial charge on any atom is -0.386 e. The summed E-state index contributed by atoms with van der Waals surface area (Å²) in [5.74, 6) is 0.256. The normalized spacial score (nSPS) is 18.6. The molecule has 1 aliphatic heterocycles. The SMILES string of the molecule is O=C(c1cnc2cccnn12)N1CCCn2nc(C(O)C3CC3)cc2C1. The second-order valence-electron chi connectivity index (χ2n) is 7.08. The molecule has 4 heterocycles. The monoisotopic (exact) mass is 352 g/mol. The maximum Gasteiger partial charge on any atom is 0.274 e. The van der Waals surface area contributed by atoms with E-state index in [4.69, 9.17) is 0 Å². The molecule has 1 fully saturated rings. The van der Waals surface area contributed by atoms with Gasteiger partial charge in [-0.05, 0) is 43.4 Å². The number of imidazole rings is 1. The zero-order valence-corrected chi connectivity index (χ0v) is 14.3. The van der Waals surface area contributed by atoms with Gasteiger partial charge >= 0.3 is 0 Å². The summed E-state index contributed by atoms with van der Waals surface area (Å²) in [6, 6.07) is 5.57. The minimum absolute atomic E-state index is 0.0878. The fourth-order valence-electron chi connectivity index (χ4n) is 3.59. The largest absolute Gasteiger partial charge is 0.386 e. The van der Waals surface area contributed by atoms with Gasteiger partial charge in [0, 0.05) is 19.3 Å². The maximum atomic E-state index is 13.0. The summed E-state index contributed by atoms with van der Waals surface area (Å²) in [5, 5.41) is 19.2. The molecule has 26 heavy (non-hydrogen) atoms. The Morgan fingerprint density at radius 2 is 2.19 bits per heavy atom. The third-order valence-electron chi connectivity index (χ3n) is 5.19. The van der Waals surface area contributed by atoms with Gasteiger partial charge in [0.25, 0.3) is 5.91 Å². The lowest BCUT2D eigenvalue weighted by molar-refractivity contribution is 0.0737. The molecule has 5 rings (SSSR count). The van der Waals surface area contributed by atoms with E-state index in [0.29, 0.717) is 30.3 Å². The predicted octanol–water partition coefficient (Wildman–Crippen LogP) is 1.42. The van der Waals surface area contributed by atoms with E-state index in [0.717, 1.165) is 37.2 Å². The van der Waals surface area contributed by atoms with Gasteiger partial charge in [-0.3, -0.25) is 9.48 Å². The van der Waals surface area contributed by atoms with E-state index >= 15 is 0 Å². The summed E-state index contributed by atoms with van der Waals surface area (Å²) in [6.45, 7) is 1.88. The number of aliphatic hydroxyl groups is 1. The first kappa shape index (κ1) is 15.5. The lowest BCUT2D eigenvalue weighted by Gasteiger charge is -2.19. The molecule has 0 aromatic carbocycles. The van der Waals surface area contributed by atoms with Gasteiger partial charge in [-0.15, -0.1) is 0 Å². The summed E-state index contributed by atoms with van der Waals surface area (Å²) in [4.78, 5) is 19.1. The second-order valence-corrected chi connectivity index (χ2v) is 7.08. The Morgan fingerprint density at radius 3 is 3.04 bits per heavy atom. The summed E-state index contributed by atoms with van der Waals surface area (Å²) in [6.07, 6.45) is 5.69. The molecule has 1 amide bonds. The van der Waals surface area contributed by atoms with Crippen molar-refractivity contribution in [2.24, 2.45) is 5.92 Å². The number of fused-ring (bicyclic) bond motifs is 2. The Hall–Kier alpha value is -2.74. The third kappa shape index (κ3) is 2.57. The van der Waals surface area contributed by atoms with Crippen LogP contribution < -0.4 is 0 Å². The Morgan fingerprint density at radius 1 is 1.31 bits per heavy atom. The molecule has 0 saturated heterocycles. The van der Waals surface area contributed by atoms with Crippen LogP contribution >= 0.6 is 0 Å². The summed E-state index contributed by atoms with van der Waals surface area (Å²) < 4.78 is 3.51. The van der Waals surface area contributed by atoms with Crippen LogP contribution in [0.15, 0.2) is 30.6 Å². The molecule has 0 bridgehead atoms. The van der Waals surface area contributed by atoms with Crippen LogP contribution in [-0.4, -0.2) is 46.8 Å². The number of amides is 1. The molecule has 0 spiro atoms. The molecular weight excluding hydrogens is 332 g/mol. The Bertz CT molecular complexity index is 973. The molecule has 3 aromatic heterocycles. The smallest absolute Gasteiger partial charge is 0.274 e. The molecule has 2 aliphatic rings. The third-order valence-corrected chi connectivity index (χ3v) is 5.19. The van der Waals surface area contributed by atoms with Crippen molar-refractivity contribution >= 4 is 11.6 Å². The van der Waals surface area contributed by atoms with Crippen LogP contribution in [-0.2, 0) is 13.1 Å². The van der Waals surface area contributed by atoms with E-state index in [1.807, 2.05) is 21.7 Å². The number of hydrogen-bond donors (Lipinski definition) is 1. The summed E-state index contributed by atoms with van der Waals surface area (Å²) >= 11 is 0. The van der Waals surface area contributed by atoms with Crippen molar-refractivity contribution in [2.75, 3.05) is 6.54 Å². The summed E-state index contributed by atoms with van der Waals surface area (Å²) in [5.41, 5.74) is 2.82. The number of hydrogen-bond acceptors (Lipinski definition) is 5. The van der Waals surface area contributed by atoms with Gasteiger partial charge in [0.2, 0.25) is 0 Å². The van der Waals surface area contributed by atoms with E-state index in [-0.39, 0.29) is 5.91 Å². The van der Waals surface area contributed by atoms with Gasteiger partial charge in [-0.2, -0.15) is 10.2 Å². The molecule has 1 unspecified atom stereocenters. The van der Waals surface area contributed by atoms with Gasteiger partial charge in [0.1, 0.15) is 6.10 Å².